The fourth-order valence-electron chi connectivity index (χ4n) is 4.81. The zero-order valence-electron chi connectivity index (χ0n) is 20.0. The van der Waals surface area contributed by atoms with Gasteiger partial charge in [0.1, 0.15) is 18.1 Å². The van der Waals surface area contributed by atoms with Gasteiger partial charge in [-0.1, -0.05) is 43.2 Å². The van der Waals surface area contributed by atoms with Crippen LogP contribution in [0.2, 0.25) is 0 Å². The third-order valence-corrected chi connectivity index (χ3v) is 7.99. The molecule has 1 aliphatic heterocycles. The van der Waals surface area contributed by atoms with Crippen molar-refractivity contribution in [3.63, 3.8) is 0 Å². The van der Waals surface area contributed by atoms with Gasteiger partial charge in [-0.15, -0.1) is 11.3 Å². The lowest BCUT2D eigenvalue weighted by molar-refractivity contribution is 0.214. The van der Waals surface area contributed by atoms with Crippen LogP contribution >= 0.6 is 11.3 Å². The highest BCUT2D eigenvalue weighted by Gasteiger charge is 2.15. The standard InChI is InChI=1S/C30H33NO2S/c1-32-25-16-12-24(13-17-25)30-28(27-8-4-5-9-29(27)34-30)22-23-10-14-26(15-11-23)33-21-20-31-18-6-2-3-7-19-31/h4-5,8-17H,2-3,6-7,18-22H2,1H3. The highest BCUT2D eigenvalue weighted by atomic mass is 32.1. The summed E-state index contributed by atoms with van der Waals surface area (Å²) < 4.78 is 12.8. The van der Waals surface area contributed by atoms with E-state index in [9.17, 15) is 0 Å². The fourth-order valence-corrected chi connectivity index (χ4v) is 6.04. The molecular weight excluding hydrogens is 438 g/mol. The van der Waals surface area contributed by atoms with E-state index in [1.807, 2.05) is 23.5 Å². The number of hydrogen-bond donors (Lipinski definition) is 0. The van der Waals surface area contributed by atoms with Gasteiger partial charge in [0.05, 0.1) is 7.11 Å². The van der Waals surface area contributed by atoms with Crippen LogP contribution in [0.5, 0.6) is 11.5 Å². The molecule has 0 radical (unpaired) electrons. The molecule has 3 aromatic carbocycles. The summed E-state index contributed by atoms with van der Waals surface area (Å²) in [5.41, 5.74) is 3.93. The first-order valence-corrected chi connectivity index (χ1v) is 13.2. The smallest absolute Gasteiger partial charge is 0.119 e. The minimum Gasteiger partial charge on any atom is -0.497 e. The SMILES string of the molecule is COc1ccc(-c2sc3ccccc3c2Cc2ccc(OCCN3CCCCCC3)cc2)cc1. The van der Waals surface area contributed by atoms with Crippen LogP contribution in [0.4, 0.5) is 0 Å². The molecule has 176 valence electrons. The summed E-state index contributed by atoms with van der Waals surface area (Å²) in [5.74, 6) is 1.85. The Hall–Kier alpha value is -2.82. The monoisotopic (exact) mass is 471 g/mol. The Bertz CT molecular complexity index is 1190. The van der Waals surface area contributed by atoms with Crippen molar-refractivity contribution >= 4 is 21.4 Å². The van der Waals surface area contributed by atoms with Crippen LogP contribution in [0, 0.1) is 0 Å². The van der Waals surface area contributed by atoms with Crippen molar-refractivity contribution in [3.8, 4) is 21.9 Å². The molecule has 4 aromatic rings. The molecular formula is C30H33NO2S. The first-order valence-electron chi connectivity index (χ1n) is 12.4. The van der Waals surface area contributed by atoms with Gasteiger partial charge in [0.2, 0.25) is 0 Å². The Morgan fingerprint density at radius 1 is 0.794 bits per heavy atom. The maximum atomic E-state index is 6.07. The molecule has 0 aliphatic carbocycles. The molecule has 0 spiro atoms. The summed E-state index contributed by atoms with van der Waals surface area (Å²) in [6.07, 6.45) is 6.30. The second kappa shape index (κ2) is 11.1. The van der Waals surface area contributed by atoms with Crippen LogP contribution in [0.25, 0.3) is 20.5 Å². The van der Waals surface area contributed by atoms with Gasteiger partial charge in [-0.25, -0.2) is 0 Å². The number of fused-ring (bicyclic) bond motifs is 1. The largest absolute Gasteiger partial charge is 0.497 e. The maximum absolute atomic E-state index is 6.07. The number of likely N-dealkylation sites (tertiary alicyclic amines) is 1. The van der Waals surface area contributed by atoms with Gasteiger partial charge in [-0.3, -0.25) is 4.90 Å². The lowest BCUT2D eigenvalue weighted by atomic mass is 9.99. The second-order valence-corrected chi connectivity index (χ2v) is 10.1. The van der Waals surface area contributed by atoms with Crippen molar-refractivity contribution in [2.75, 3.05) is 33.4 Å². The molecule has 1 saturated heterocycles. The van der Waals surface area contributed by atoms with E-state index in [2.05, 4.69) is 65.6 Å². The van der Waals surface area contributed by atoms with Crippen LogP contribution in [0.3, 0.4) is 0 Å². The van der Waals surface area contributed by atoms with E-state index >= 15 is 0 Å². The Labute approximate surface area is 206 Å². The lowest BCUT2D eigenvalue weighted by Gasteiger charge is -2.19. The Balaban J connectivity index is 1.29. The predicted octanol–water partition coefficient (Wildman–Crippen LogP) is 7.42. The van der Waals surface area contributed by atoms with Gasteiger partial charge >= 0.3 is 0 Å². The van der Waals surface area contributed by atoms with E-state index in [0.717, 1.165) is 31.1 Å². The minimum atomic E-state index is 0.760. The molecule has 3 nitrogen and oxygen atoms in total. The molecule has 34 heavy (non-hydrogen) atoms. The van der Waals surface area contributed by atoms with Gasteiger partial charge in [0.15, 0.2) is 0 Å². The number of benzene rings is 3. The van der Waals surface area contributed by atoms with Gasteiger partial charge in [0.25, 0.3) is 0 Å². The van der Waals surface area contributed by atoms with E-state index in [4.69, 9.17) is 9.47 Å². The number of nitrogens with zero attached hydrogens (tertiary/aromatic N) is 1. The fraction of sp³-hybridized carbons (Fsp3) is 0.333. The van der Waals surface area contributed by atoms with E-state index < -0.39 is 0 Å². The summed E-state index contributed by atoms with van der Waals surface area (Å²) >= 11 is 1.87. The first kappa shape index (κ1) is 22.9. The Kier molecular flexibility index (Phi) is 7.47. The van der Waals surface area contributed by atoms with Gasteiger partial charge < -0.3 is 9.47 Å². The average molecular weight is 472 g/mol. The quantitative estimate of drug-likeness (QED) is 0.267. The highest BCUT2D eigenvalue weighted by Crippen LogP contribution is 2.40. The van der Waals surface area contributed by atoms with E-state index in [0.29, 0.717) is 0 Å². The maximum Gasteiger partial charge on any atom is 0.119 e. The molecule has 0 unspecified atom stereocenters. The molecule has 5 rings (SSSR count). The number of methoxy groups -OCH3 is 1. The summed E-state index contributed by atoms with van der Waals surface area (Å²) in [6.45, 7) is 4.21. The van der Waals surface area contributed by atoms with E-state index in [1.54, 1.807) is 7.11 Å². The van der Waals surface area contributed by atoms with Gasteiger partial charge in [0, 0.05) is 16.1 Å². The first-order chi connectivity index (χ1) is 16.8. The summed E-state index contributed by atoms with van der Waals surface area (Å²) in [5, 5.41) is 1.34. The van der Waals surface area contributed by atoms with Gasteiger partial charge in [-0.05, 0) is 96.9 Å². The second-order valence-electron chi connectivity index (χ2n) is 9.06. The third-order valence-electron chi connectivity index (χ3n) is 6.73. The van der Waals surface area contributed by atoms with E-state index in [-0.39, 0.29) is 0 Å². The van der Waals surface area contributed by atoms with Crippen molar-refractivity contribution in [1.82, 2.24) is 4.90 Å². The normalized spacial score (nSPS) is 14.7. The molecule has 1 aromatic heterocycles. The average Bonchev–Trinajstić information content (AvgIpc) is 3.04. The molecule has 0 N–H and O–H groups in total. The van der Waals surface area contributed by atoms with Gasteiger partial charge in [-0.2, -0.15) is 0 Å². The third kappa shape index (κ3) is 5.45. The van der Waals surface area contributed by atoms with Crippen molar-refractivity contribution in [3.05, 3.63) is 83.9 Å². The van der Waals surface area contributed by atoms with Crippen LogP contribution in [0.1, 0.15) is 36.8 Å². The topological polar surface area (TPSA) is 21.7 Å². The Morgan fingerprint density at radius 2 is 1.50 bits per heavy atom. The summed E-state index contributed by atoms with van der Waals surface area (Å²) in [7, 11) is 1.71. The van der Waals surface area contributed by atoms with Crippen molar-refractivity contribution in [2.45, 2.75) is 32.1 Å². The molecule has 1 aliphatic rings. The number of ether oxygens (including phenoxy) is 2. The minimum absolute atomic E-state index is 0.760. The molecule has 0 amide bonds. The number of rotatable bonds is 8. The molecule has 0 saturated carbocycles. The molecule has 2 heterocycles. The molecule has 0 atom stereocenters. The highest BCUT2D eigenvalue weighted by molar-refractivity contribution is 7.22. The Morgan fingerprint density at radius 3 is 2.24 bits per heavy atom. The lowest BCUT2D eigenvalue weighted by Crippen LogP contribution is -2.29. The van der Waals surface area contributed by atoms with Crippen molar-refractivity contribution in [1.29, 1.82) is 0 Å². The summed E-state index contributed by atoms with van der Waals surface area (Å²) in [6, 6.07) is 25.8. The summed E-state index contributed by atoms with van der Waals surface area (Å²) in [4.78, 5) is 3.88. The molecule has 4 heteroatoms. The van der Waals surface area contributed by atoms with Crippen molar-refractivity contribution in [2.24, 2.45) is 0 Å². The van der Waals surface area contributed by atoms with Crippen LogP contribution in [-0.2, 0) is 6.42 Å². The zero-order valence-corrected chi connectivity index (χ0v) is 20.8. The number of thiophene rings is 1. The zero-order chi connectivity index (χ0) is 23.2. The van der Waals surface area contributed by atoms with Crippen LogP contribution in [0.15, 0.2) is 72.8 Å². The molecule has 0 bridgehead atoms. The predicted molar refractivity (Wildman–Crippen MR) is 143 cm³/mol. The van der Waals surface area contributed by atoms with Crippen LogP contribution < -0.4 is 9.47 Å². The number of hydrogen-bond acceptors (Lipinski definition) is 4. The van der Waals surface area contributed by atoms with Crippen molar-refractivity contribution < 1.29 is 9.47 Å². The van der Waals surface area contributed by atoms with Crippen LogP contribution in [-0.4, -0.2) is 38.3 Å². The van der Waals surface area contributed by atoms with E-state index in [1.165, 1.54) is 70.4 Å². The molecule has 1 fully saturated rings.